The van der Waals surface area contributed by atoms with Crippen molar-refractivity contribution in [2.24, 2.45) is 10.7 Å². The van der Waals surface area contributed by atoms with Gasteiger partial charge in [-0.25, -0.2) is 4.99 Å². The van der Waals surface area contributed by atoms with E-state index in [2.05, 4.69) is 30.2 Å². The Balaban J connectivity index is 1.96. The Kier molecular flexibility index (Phi) is 3.97. The third-order valence-electron chi connectivity index (χ3n) is 3.46. The molecular formula is C13H19ClN2OSi. The van der Waals surface area contributed by atoms with Gasteiger partial charge in [0.15, 0.2) is 0 Å². The highest BCUT2D eigenvalue weighted by molar-refractivity contribution is 6.89. The molecule has 0 aliphatic carbocycles. The van der Waals surface area contributed by atoms with Crippen LogP contribution in [0.15, 0.2) is 29.3 Å². The van der Waals surface area contributed by atoms with Crippen molar-refractivity contribution in [3.8, 4) is 0 Å². The second-order valence-electron chi connectivity index (χ2n) is 5.36. The van der Waals surface area contributed by atoms with Gasteiger partial charge in [0.05, 0.1) is 14.1 Å². The lowest BCUT2D eigenvalue weighted by atomic mass is 10.3. The maximum Gasteiger partial charge on any atom is 0.282 e. The smallest absolute Gasteiger partial charge is 0.282 e. The summed E-state index contributed by atoms with van der Waals surface area (Å²) in [7, 11) is -1.42. The van der Waals surface area contributed by atoms with Gasteiger partial charge in [-0.1, -0.05) is 48.1 Å². The van der Waals surface area contributed by atoms with Gasteiger partial charge in [-0.15, -0.1) is 0 Å². The van der Waals surface area contributed by atoms with Gasteiger partial charge in [0, 0.05) is 5.02 Å². The molecule has 1 aliphatic heterocycles. The van der Waals surface area contributed by atoms with Crippen molar-refractivity contribution in [2.45, 2.75) is 31.6 Å². The highest BCUT2D eigenvalue weighted by Crippen LogP contribution is 2.18. The fourth-order valence-corrected chi connectivity index (χ4v) is 4.70. The van der Waals surface area contributed by atoms with Crippen LogP contribution in [0.5, 0.6) is 0 Å². The van der Waals surface area contributed by atoms with Gasteiger partial charge in [-0.05, 0) is 18.6 Å². The molecule has 0 bridgehead atoms. The number of hydrogen-bond acceptors (Lipinski definition) is 3. The van der Waals surface area contributed by atoms with Crippen molar-refractivity contribution in [2.75, 3.05) is 6.61 Å². The van der Waals surface area contributed by atoms with E-state index < -0.39 is 8.07 Å². The first kappa shape index (κ1) is 13.4. The van der Waals surface area contributed by atoms with E-state index in [1.807, 2.05) is 12.1 Å². The zero-order chi connectivity index (χ0) is 13.2. The predicted octanol–water partition coefficient (Wildman–Crippen LogP) is 2.36. The number of nitrogens with zero attached hydrogens (tertiary/aromatic N) is 1. The van der Waals surface area contributed by atoms with E-state index in [1.165, 1.54) is 11.2 Å². The lowest BCUT2D eigenvalue weighted by Crippen LogP contribution is -2.41. The van der Waals surface area contributed by atoms with Crippen molar-refractivity contribution in [1.82, 2.24) is 0 Å². The van der Waals surface area contributed by atoms with Crippen LogP contribution >= 0.6 is 11.6 Å². The first-order valence-corrected chi connectivity index (χ1v) is 9.78. The Morgan fingerprint density at radius 2 is 2.06 bits per heavy atom. The molecule has 2 N–H and O–H groups in total. The average molecular weight is 283 g/mol. The molecule has 0 saturated carbocycles. The van der Waals surface area contributed by atoms with Crippen LogP contribution in [-0.4, -0.2) is 26.7 Å². The largest absolute Gasteiger partial charge is 0.463 e. The Labute approximate surface area is 114 Å². The van der Waals surface area contributed by atoms with Crippen molar-refractivity contribution in [1.29, 1.82) is 0 Å². The molecule has 0 saturated heterocycles. The van der Waals surface area contributed by atoms with Crippen molar-refractivity contribution in [3.05, 3.63) is 29.3 Å². The molecule has 98 valence electrons. The van der Waals surface area contributed by atoms with E-state index in [9.17, 15) is 0 Å². The van der Waals surface area contributed by atoms with Crippen LogP contribution in [0.4, 0.5) is 0 Å². The molecular weight excluding hydrogens is 264 g/mol. The van der Waals surface area contributed by atoms with Crippen LogP contribution in [-0.2, 0) is 4.74 Å². The van der Waals surface area contributed by atoms with Crippen molar-refractivity contribution < 1.29 is 4.74 Å². The molecule has 0 radical (unpaired) electrons. The lowest BCUT2D eigenvalue weighted by Gasteiger charge is -2.23. The van der Waals surface area contributed by atoms with Gasteiger partial charge in [-0.3, -0.25) is 0 Å². The fraction of sp³-hybridized carbons (Fsp3) is 0.462. The van der Waals surface area contributed by atoms with Gasteiger partial charge in [0.2, 0.25) is 0 Å². The summed E-state index contributed by atoms with van der Waals surface area (Å²) in [5.74, 6) is 0. The first-order chi connectivity index (χ1) is 8.47. The Bertz CT molecular complexity index is 445. The molecule has 1 aromatic carbocycles. The summed E-state index contributed by atoms with van der Waals surface area (Å²) in [5.41, 5.74) is 5.52. The predicted molar refractivity (Wildman–Crippen MR) is 79.4 cm³/mol. The van der Waals surface area contributed by atoms with Gasteiger partial charge in [-0.2, -0.15) is 0 Å². The summed E-state index contributed by atoms with van der Waals surface area (Å²) in [6, 6.07) is 10.0. The van der Waals surface area contributed by atoms with Gasteiger partial charge < -0.3 is 10.5 Å². The van der Waals surface area contributed by atoms with E-state index in [0.29, 0.717) is 12.6 Å². The molecule has 1 aromatic rings. The zero-order valence-electron chi connectivity index (χ0n) is 10.8. The number of rotatable bonds is 4. The van der Waals surface area contributed by atoms with Crippen LogP contribution in [0.3, 0.4) is 0 Å². The molecule has 1 heterocycles. The molecule has 0 fully saturated rings. The summed E-state index contributed by atoms with van der Waals surface area (Å²) >= 11 is 5.93. The maximum absolute atomic E-state index is 5.93. The maximum atomic E-state index is 5.93. The first-order valence-electron chi connectivity index (χ1n) is 6.19. The van der Waals surface area contributed by atoms with Crippen LogP contribution in [0.1, 0.15) is 6.42 Å². The number of hydrogen-bond donors (Lipinski definition) is 1. The van der Waals surface area contributed by atoms with Gasteiger partial charge >= 0.3 is 0 Å². The third-order valence-corrected chi connectivity index (χ3v) is 7.15. The van der Waals surface area contributed by atoms with Crippen LogP contribution in [0, 0.1) is 0 Å². The number of amidine groups is 1. The molecule has 0 spiro atoms. The van der Waals surface area contributed by atoms with E-state index in [0.717, 1.165) is 11.4 Å². The summed E-state index contributed by atoms with van der Waals surface area (Å²) in [6.07, 6.45) is 1.04. The van der Waals surface area contributed by atoms with E-state index >= 15 is 0 Å². The number of aliphatic imine (C=N–C) groups is 1. The zero-order valence-corrected chi connectivity index (χ0v) is 12.6. The fourth-order valence-electron chi connectivity index (χ4n) is 2.16. The van der Waals surface area contributed by atoms with Crippen LogP contribution in [0.2, 0.25) is 24.2 Å². The second-order valence-corrected chi connectivity index (χ2v) is 10.6. The number of halogens is 1. The monoisotopic (exact) mass is 282 g/mol. The van der Waals surface area contributed by atoms with Crippen LogP contribution in [0.25, 0.3) is 0 Å². The number of benzene rings is 1. The van der Waals surface area contributed by atoms with Crippen molar-refractivity contribution >= 4 is 30.9 Å². The minimum absolute atomic E-state index is 0.240. The molecule has 5 heteroatoms. The Morgan fingerprint density at radius 1 is 1.39 bits per heavy atom. The summed E-state index contributed by atoms with van der Waals surface area (Å²) in [6.45, 7) is 5.38. The molecule has 0 unspecified atom stereocenters. The van der Waals surface area contributed by atoms with Crippen LogP contribution < -0.4 is 10.9 Å². The highest BCUT2D eigenvalue weighted by atomic mass is 35.5. The SMILES string of the molecule is C[Si](C)(CC[C@H]1COC(N)=N1)c1ccc(Cl)cc1. The van der Waals surface area contributed by atoms with Gasteiger partial charge in [0.1, 0.15) is 6.61 Å². The van der Waals surface area contributed by atoms with Crippen molar-refractivity contribution in [3.63, 3.8) is 0 Å². The standard InChI is InChI=1S/C13H19ClN2OSi/c1-18(2,12-5-3-10(14)4-6-12)8-7-11-9-17-13(15)16-11/h3-6,11H,7-9H2,1-2H3,(H2,15,16)/t11-/m0/s1. The molecule has 1 aliphatic rings. The third kappa shape index (κ3) is 3.27. The number of ether oxygens (including phenoxy) is 1. The van der Waals surface area contributed by atoms with E-state index in [-0.39, 0.29) is 6.04 Å². The normalized spacial score (nSPS) is 19.5. The summed E-state index contributed by atoms with van der Waals surface area (Å²) in [4.78, 5) is 4.27. The molecule has 0 amide bonds. The lowest BCUT2D eigenvalue weighted by molar-refractivity contribution is 0.310. The number of nitrogens with two attached hydrogens (primary N) is 1. The molecule has 18 heavy (non-hydrogen) atoms. The molecule has 3 nitrogen and oxygen atoms in total. The van der Waals surface area contributed by atoms with Gasteiger partial charge in [0.25, 0.3) is 6.02 Å². The summed E-state index contributed by atoms with van der Waals surface area (Å²) < 4.78 is 5.18. The Hall–Kier alpha value is -1.00. The minimum Gasteiger partial charge on any atom is -0.463 e. The minimum atomic E-state index is -1.42. The average Bonchev–Trinajstić information content (AvgIpc) is 2.73. The quantitative estimate of drug-likeness (QED) is 0.862. The van der Waals surface area contributed by atoms with E-state index in [4.69, 9.17) is 22.1 Å². The molecule has 1 atom stereocenters. The molecule has 2 rings (SSSR count). The highest BCUT2D eigenvalue weighted by Gasteiger charge is 2.26. The Morgan fingerprint density at radius 3 is 2.61 bits per heavy atom. The summed E-state index contributed by atoms with van der Waals surface area (Å²) in [5, 5.41) is 2.23. The molecule has 0 aromatic heterocycles. The second kappa shape index (κ2) is 5.32. The topological polar surface area (TPSA) is 47.6 Å². The van der Waals surface area contributed by atoms with E-state index in [1.54, 1.807) is 0 Å².